The molecule has 1 N–H and O–H groups in total. The average molecular weight is 368 g/mol. The number of aromatic nitrogens is 2. The average Bonchev–Trinajstić information content (AvgIpc) is 2.94. The Bertz CT molecular complexity index is 798. The summed E-state index contributed by atoms with van der Waals surface area (Å²) in [5, 5.41) is 3.22. The molecule has 0 fully saturated rings. The van der Waals surface area contributed by atoms with E-state index in [-0.39, 0.29) is 11.9 Å². The number of hydrogen-bond donors (Lipinski definition) is 1. The molecule has 0 amide bonds. The highest BCUT2D eigenvalue weighted by molar-refractivity contribution is 7.85. The van der Waals surface area contributed by atoms with Crippen LogP contribution >= 0.6 is 11.6 Å². The minimum atomic E-state index is -1.13. The van der Waals surface area contributed by atoms with Crippen molar-refractivity contribution in [2.24, 2.45) is 0 Å². The molecular weight excluding hydrogens is 354 g/mol. The van der Waals surface area contributed by atoms with Crippen molar-refractivity contribution in [3.8, 4) is 5.75 Å². The fraction of sp³-hybridized carbons (Fsp3) is 0.267. The predicted molar refractivity (Wildman–Crippen MR) is 89.3 cm³/mol. The summed E-state index contributed by atoms with van der Waals surface area (Å²) in [5.41, 5.74) is 1.44. The van der Waals surface area contributed by atoms with Gasteiger partial charge in [-0.05, 0) is 35.9 Å². The molecule has 1 aliphatic rings. The van der Waals surface area contributed by atoms with E-state index < -0.39 is 16.8 Å². The Morgan fingerprint density at radius 1 is 1.33 bits per heavy atom. The van der Waals surface area contributed by atoms with Gasteiger partial charge in [-0.1, -0.05) is 0 Å². The molecule has 1 atom stereocenters. The molecule has 9 heteroatoms. The van der Waals surface area contributed by atoms with Crippen LogP contribution in [0.4, 0.5) is 11.5 Å². The summed E-state index contributed by atoms with van der Waals surface area (Å²) in [6, 6.07) is 6.91. The molecule has 0 aliphatic carbocycles. The van der Waals surface area contributed by atoms with Gasteiger partial charge in [-0.15, -0.1) is 0 Å². The molecule has 2 aromatic rings. The number of nitrogens with one attached hydrogen (secondary N) is 1. The Morgan fingerprint density at radius 2 is 2.08 bits per heavy atom. The first-order valence-corrected chi connectivity index (χ1v) is 8.78. The lowest BCUT2D eigenvalue weighted by Gasteiger charge is -2.10. The van der Waals surface area contributed by atoms with Gasteiger partial charge in [0.1, 0.15) is 10.6 Å². The normalized spacial score (nSPS) is 15.7. The maximum atomic E-state index is 12.1. The second-order valence-electron chi connectivity index (χ2n) is 4.93. The number of anilines is 2. The van der Waals surface area contributed by atoms with Crippen molar-refractivity contribution >= 4 is 39.9 Å². The molecule has 126 valence electrons. The largest absolute Gasteiger partial charge is 0.482 e. The highest BCUT2D eigenvalue weighted by Crippen LogP contribution is 2.31. The van der Waals surface area contributed by atoms with Gasteiger partial charge < -0.3 is 14.8 Å². The number of fused-ring (bicyclic) bond motifs is 1. The van der Waals surface area contributed by atoms with Crippen LogP contribution in [-0.2, 0) is 26.8 Å². The number of benzene rings is 1. The molecule has 0 bridgehead atoms. The van der Waals surface area contributed by atoms with Crippen LogP contribution in [0.2, 0.25) is 5.28 Å². The number of methoxy groups -OCH3 is 1. The van der Waals surface area contributed by atoms with Crippen molar-refractivity contribution in [2.45, 2.75) is 11.3 Å². The van der Waals surface area contributed by atoms with E-state index in [1.165, 1.54) is 7.11 Å². The number of nitrogens with zero attached hydrogens (tertiary/aromatic N) is 2. The van der Waals surface area contributed by atoms with E-state index in [1.807, 2.05) is 0 Å². The summed E-state index contributed by atoms with van der Waals surface area (Å²) >= 11 is 5.93. The van der Waals surface area contributed by atoms with Gasteiger partial charge in [-0.2, -0.15) is 4.98 Å². The standard InChI is InChI=1S/C15H14ClN3O4S/c1-22-12(20)8-23-10-4-2-9(3-5-10)17-14-13-11(6-7-24(13)21)18-15(16)19-14/h2-5H,6-8H2,1H3,(H,17,18,19)/t24-/m1/s1. The molecule has 24 heavy (non-hydrogen) atoms. The molecule has 1 aliphatic heterocycles. The molecule has 0 spiro atoms. The van der Waals surface area contributed by atoms with E-state index in [4.69, 9.17) is 16.3 Å². The van der Waals surface area contributed by atoms with Gasteiger partial charge in [0.05, 0.1) is 23.6 Å². The van der Waals surface area contributed by atoms with Crippen LogP contribution in [0, 0.1) is 0 Å². The third-order valence-corrected chi connectivity index (χ3v) is 4.99. The minimum absolute atomic E-state index is 0.119. The molecule has 0 unspecified atom stereocenters. The molecule has 3 rings (SSSR count). The van der Waals surface area contributed by atoms with Crippen molar-refractivity contribution in [1.29, 1.82) is 0 Å². The maximum absolute atomic E-state index is 12.1. The van der Waals surface area contributed by atoms with E-state index in [0.717, 1.165) is 5.69 Å². The minimum Gasteiger partial charge on any atom is -0.482 e. The van der Waals surface area contributed by atoms with Crippen molar-refractivity contribution in [2.75, 3.05) is 24.8 Å². The number of ether oxygens (including phenoxy) is 2. The summed E-state index contributed by atoms with van der Waals surface area (Å²) in [7, 11) is 0.172. The summed E-state index contributed by atoms with van der Waals surface area (Å²) in [5.74, 6) is 1.05. The van der Waals surface area contributed by atoms with Crippen LogP contribution in [-0.4, -0.2) is 39.6 Å². The lowest BCUT2D eigenvalue weighted by Crippen LogP contribution is -2.12. The Kier molecular flexibility index (Phi) is 4.96. The Hall–Kier alpha value is -2.19. The van der Waals surface area contributed by atoms with Crippen LogP contribution in [0.15, 0.2) is 29.2 Å². The van der Waals surface area contributed by atoms with Gasteiger partial charge in [0, 0.05) is 17.9 Å². The molecule has 2 heterocycles. The number of hydrogen-bond acceptors (Lipinski definition) is 7. The SMILES string of the molecule is COC(=O)COc1ccc(Nc2nc(Cl)nc3c2[S@](=O)CC3)cc1. The smallest absolute Gasteiger partial charge is 0.343 e. The zero-order valence-electron chi connectivity index (χ0n) is 12.7. The van der Waals surface area contributed by atoms with Gasteiger partial charge >= 0.3 is 5.97 Å². The topological polar surface area (TPSA) is 90.4 Å². The monoisotopic (exact) mass is 367 g/mol. The molecular formula is C15H14ClN3O4S. The predicted octanol–water partition coefficient (Wildman–Crippen LogP) is 2.09. The van der Waals surface area contributed by atoms with Crippen LogP contribution < -0.4 is 10.1 Å². The van der Waals surface area contributed by atoms with Crippen LogP contribution in [0.5, 0.6) is 5.75 Å². The van der Waals surface area contributed by atoms with Crippen molar-refractivity contribution < 1.29 is 18.5 Å². The third kappa shape index (κ3) is 3.65. The van der Waals surface area contributed by atoms with E-state index in [2.05, 4.69) is 20.0 Å². The molecule has 0 saturated heterocycles. The fourth-order valence-electron chi connectivity index (χ4n) is 2.22. The summed E-state index contributed by atoms with van der Waals surface area (Å²) < 4.78 is 21.9. The van der Waals surface area contributed by atoms with Crippen molar-refractivity contribution in [1.82, 2.24) is 9.97 Å². The third-order valence-electron chi connectivity index (χ3n) is 3.36. The van der Waals surface area contributed by atoms with E-state index in [0.29, 0.717) is 34.3 Å². The number of rotatable bonds is 5. The molecule has 1 aromatic heterocycles. The maximum Gasteiger partial charge on any atom is 0.343 e. The van der Waals surface area contributed by atoms with Gasteiger partial charge in [0.25, 0.3) is 0 Å². The molecule has 0 saturated carbocycles. The number of esters is 1. The van der Waals surface area contributed by atoms with Gasteiger partial charge in [-0.25, -0.2) is 9.78 Å². The fourth-order valence-corrected chi connectivity index (χ4v) is 3.72. The number of carbonyl (C=O) groups is 1. The zero-order chi connectivity index (χ0) is 17.1. The molecule has 0 radical (unpaired) electrons. The second kappa shape index (κ2) is 7.14. The lowest BCUT2D eigenvalue weighted by atomic mass is 10.3. The first kappa shape index (κ1) is 16.7. The lowest BCUT2D eigenvalue weighted by molar-refractivity contribution is -0.142. The second-order valence-corrected chi connectivity index (χ2v) is 6.78. The van der Waals surface area contributed by atoms with Crippen LogP contribution in [0.1, 0.15) is 5.69 Å². The summed E-state index contributed by atoms with van der Waals surface area (Å²) in [6.07, 6.45) is 0.624. The van der Waals surface area contributed by atoms with Gasteiger partial charge in [0.2, 0.25) is 5.28 Å². The van der Waals surface area contributed by atoms with Crippen LogP contribution in [0.25, 0.3) is 0 Å². The summed E-state index contributed by atoms with van der Waals surface area (Å²) in [6.45, 7) is -0.155. The van der Waals surface area contributed by atoms with Crippen molar-refractivity contribution in [3.63, 3.8) is 0 Å². The Labute approximate surface area is 145 Å². The van der Waals surface area contributed by atoms with Crippen LogP contribution in [0.3, 0.4) is 0 Å². The quantitative estimate of drug-likeness (QED) is 0.639. The zero-order valence-corrected chi connectivity index (χ0v) is 14.3. The van der Waals surface area contributed by atoms with Gasteiger partial charge in [-0.3, -0.25) is 4.21 Å². The first-order valence-electron chi connectivity index (χ1n) is 7.08. The van der Waals surface area contributed by atoms with E-state index in [1.54, 1.807) is 24.3 Å². The Morgan fingerprint density at radius 3 is 2.79 bits per heavy atom. The highest BCUT2D eigenvalue weighted by Gasteiger charge is 2.25. The number of halogens is 1. The Balaban J connectivity index is 1.75. The van der Waals surface area contributed by atoms with Crippen molar-refractivity contribution in [3.05, 3.63) is 35.2 Å². The molecule has 1 aromatic carbocycles. The van der Waals surface area contributed by atoms with E-state index >= 15 is 0 Å². The first-order chi connectivity index (χ1) is 11.6. The van der Waals surface area contributed by atoms with Gasteiger partial charge in [0.15, 0.2) is 12.4 Å². The van der Waals surface area contributed by atoms with E-state index in [9.17, 15) is 9.00 Å². The summed E-state index contributed by atoms with van der Waals surface area (Å²) in [4.78, 5) is 19.9. The number of carbonyl (C=O) groups excluding carboxylic acids is 1. The highest BCUT2D eigenvalue weighted by atomic mass is 35.5. The number of aryl methyl sites for hydroxylation is 1. The molecule has 7 nitrogen and oxygen atoms in total.